The Morgan fingerprint density at radius 1 is 1.09 bits per heavy atom. The zero-order valence-electron chi connectivity index (χ0n) is 12.8. The molecule has 5 heteroatoms. The minimum absolute atomic E-state index is 0.00774. The van der Waals surface area contributed by atoms with E-state index in [0.29, 0.717) is 23.9 Å². The number of benzene rings is 1. The SMILES string of the molecule is CC1CCN(C(=O)[C@@H]2CCN(c3ccc(Cl)cc3)C2=O)CC1. The molecule has 2 aliphatic rings. The lowest BCUT2D eigenvalue weighted by Gasteiger charge is -2.31. The van der Waals surface area contributed by atoms with E-state index in [4.69, 9.17) is 11.6 Å². The van der Waals surface area contributed by atoms with E-state index in [9.17, 15) is 9.59 Å². The first kappa shape index (κ1) is 15.3. The number of anilines is 1. The monoisotopic (exact) mass is 320 g/mol. The van der Waals surface area contributed by atoms with E-state index in [1.54, 1.807) is 17.0 Å². The minimum atomic E-state index is -0.510. The molecule has 1 aromatic rings. The second-order valence-corrected chi connectivity index (χ2v) is 6.75. The Kier molecular flexibility index (Phi) is 4.39. The van der Waals surface area contributed by atoms with Crippen LogP contribution in [0.5, 0.6) is 0 Å². The Bertz CT molecular complexity index is 565. The van der Waals surface area contributed by atoms with E-state index >= 15 is 0 Å². The van der Waals surface area contributed by atoms with Crippen LogP contribution in [-0.4, -0.2) is 36.3 Å². The number of halogens is 1. The zero-order chi connectivity index (χ0) is 15.7. The molecule has 118 valence electrons. The summed E-state index contributed by atoms with van der Waals surface area (Å²) in [5.74, 6) is 0.0947. The standard InChI is InChI=1S/C17H21ClN2O2/c1-12-6-9-19(10-7-12)16(21)15-8-11-20(17(15)22)14-4-2-13(18)3-5-14/h2-5,12,15H,6-11H2,1H3/t15-/m0/s1. The van der Waals surface area contributed by atoms with Crippen molar-refractivity contribution >= 4 is 29.1 Å². The predicted octanol–water partition coefficient (Wildman–Crippen LogP) is 2.95. The molecule has 4 nitrogen and oxygen atoms in total. The van der Waals surface area contributed by atoms with Gasteiger partial charge in [0.25, 0.3) is 0 Å². The van der Waals surface area contributed by atoms with Gasteiger partial charge in [-0.1, -0.05) is 18.5 Å². The van der Waals surface area contributed by atoms with Crippen molar-refractivity contribution < 1.29 is 9.59 Å². The van der Waals surface area contributed by atoms with Gasteiger partial charge in [0, 0.05) is 30.3 Å². The third kappa shape index (κ3) is 2.98. The van der Waals surface area contributed by atoms with Gasteiger partial charge in [0.2, 0.25) is 11.8 Å². The molecule has 0 aromatic heterocycles. The Morgan fingerprint density at radius 2 is 1.73 bits per heavy atom. The summed E-state index contributed by atoms with van der Waals surface area (Å²) in [6.07, 6.45) is 2.67. The van der Waals surface area contributed by atoms with Crippen molar-refractivity contribution in [3.63, 3.8) is 0 Å². The Balaban J connectivity index is 1.68. The molecular formula is C17H21ClN2O2. The van der Waals surface area contributed by atoms with Crippen molar-refractivity contribution in [2.24, 2.45) is 11.8 Å². The lowest BCUT2D eigenvalue weighted by Crippen LogP contribution is -2.43. The maximum Gasteiger partial charge on any atom is 0.239 e. The number of carbonyl (C=O) groups is 2. The highest BCUT2D eigenvalue weighted by Crippen LogP contribution is 2.28. The first-order valence-electron chi connectivity index (χ1n) is 7.92. The van der Waals surface area contributed by atoms with Crippen molar-refractivity contribution in [1.29, 1.82) is 0 Å². The molecule has 0 aliphatic carbocycles. The summed E-state index contributed by atoms with van der Waals surface area (Å²) in [4.78, 5) is 28.8. The van der Waals surface area contributed by atoms with E-state index in [1.165, 1.54) is 0 Å². The zero-order valence-corrected chi connectivity index (χ0v) is 13.6. The maximum atomic E-state index is 12.6. The molecule has 2 aliphatic heterocycles. The van der Waals surface area contributed by atoms with Gasteiger partial charge in [-0.15, -0.1) is 0 Å². The number of hydrogen-bond acceptors (Lipinski definition) is 2. The summed E-state index contributed by atoms with van der Waals surface area (Å²) in [7, 11) is 0. The Labute approximate surface area is 136 Å². The van der Waals surface area contributed by atoms with Crippen LogP contribution in [0.4, 0.5) is 5.69 Å². The predicted molar refractivity (Wildman–Crippen MR) is 86.9 cm³/mol. The summed E-state index contributed by atoms with van der Waals surface area (Å²) >= 11 is 5.88. The van der Waals surface area contributed by atoms with Crippen LogP contribution in [0.25, 0.3) is 0 Å². The molecule has 1 atom stereocenters. The second kappa shape index (κ2) is 6.29. The smallest absolute Gasteiger partial charge is 0.239 e. The third-order valence-corrected chi connectivity index (χ3v) is 4.99. The van der Waals surface area contributed by atoms with Gasteiger partial charge in [0.15, 0.2) is 0 Å². The van der Waals surface area contributed by atoms with Crippen LogP contribution in [-0.2, 0) is 9.59 Å². The number of likely N-dealkylation sites (tertiary alicyclic amines) is 1. The molecule has 2 heterocycles. The molecule has 2 saturated heterocycles. The van der Waals surface area contributed by atoms with Gasteiger partial charge in [-0.25, -0.2) is 0 Å². The fourth-order valence-corrected chi connectivity index (χ4v) is 3.36. The molecule has 0 radical (unpaired) electrons. The largest absolute Gasteiger partial charge is 0.342 e. The molecular weight excluding hydrogens is 300 g/mol. The van der Waals surface area contributed by atoms with Crippen LogP contribution in [0, 0.1) is 11.8 Å². The number of carbonyl (C=O) groups excluding carboxylic acids is 2. The molecule has 3 rings (SSSR count). The van der Waals surface area contributed by atoms with E-state index < -0.39 is 5.92 Å². The van der Waals surface area contributed by atoms with Crippen LogP contribution >= 0.6 is 11.6 Å². The molecule has 0 spiro atoms. The van der Waals surface area contributed by atoms with Crippen molar-refractivity contribution in [2.45, 2.75) is 26.2 Å². The van der Waals surface area contributed by atoms with Crippen molar-refractivity contribution in [3.05, 3.63) is 29.3 Å². The molecule has 0 N–H and O–H groups in total. The minimum Gasteiger partial charge on any atom is -0.342 e. The van der Waals surface area contributed by atoms with Gasteiger partial charge in [0.1, 0.15) is 5.92 Å². The Hall–Kier alpha value is -1.55. The first-order valence-corrected chi connectivity index (χ1v) is 8.30. The highest BCUT2D eigenvalue weighted by atomic mass is 35.5. The number of nitrogens with zero attached hydrogens (tertiary/aromatic N) is 2. The third-order valence-electron chi connectivity index (χ3n) is 4.74. The molecule has 2 fully saturated rings. The lowest BCUT2D eigenvalue weighted by atomic mass is 9.97. The van der Waals surface area contributed by atoms with Crippen LogP contribution in [0.3, 0.4) is 0 Å². The van der Waals surface area contributed by atoms with Crippen molar-refractivity contribution in [3.8, 4) is 0 Å². The van der Waals surface area contributed by atoms with Gasteiger partial charge in [-0.2, -0.15) is 0 Å². The van der Waals surface area contributed by atoms with Gasteiger partial charge < -0.3 is 9.80 Å². The summed E-state index contributed by atoms with van der Waals surface area (Å²) in [6, 6.07) is 7.20. The van der Waals surface area contributed by atoms with E-state index in [1.807, 2.05) is 17.0 Å². The molecule has 22 heavy (non-hydrogen) atoms. The Morgan fingerprint density at radius 3 is 2.36 bits per heavy atom. The fraction of sp³-hybridized carbons (Fsp3) is 0.529. The highest BCUT2D eigenvalue weighted by molar-refractivity contribution is 6.30. The number of amides is 2. The average molecular weight is 321 g/mol. The molecule has 2 amide bonds. The quantitative estimate of drug-likeness (QED) is 0.786. The van der Waals surface area contributed by atoms with Crippen LogP contribution in [0.2, 0.25) is 5.02 Å². The molecule has 0 bridgehead atoms. The van der Waals surface area contributed by atoms with E-state index in [-0.39, 0.29) is 11.8 Å². The molecule has 0 saturated carbocycles. The second-order valence-electron chi connectivity index (χ2n) is 6.32. The van der Waals surface area contributed by atoms with E-state index in [2.05, 4.69) is 6.92 Å². The van der Waals surface area contributed by atoms with Crippen molar-refractivity contribution in [2.75, 3.05) is 24.5 Å². The topological polar surface area (TPSA) is 40.6 Å². The fourth-order valence-electron chi connectivity index (χ4n) is 3.24. The molecule has 1 aromatic carbocycles. The summed E-state index contributed by atoms with van der Waals surface area (Å²) in [5, 5.41) is 0.644. The highest BCUT2D eigenvalue weighted by Gasteiger charge is 2.40. The normalized spacial score (nSPS) is 23.2. The van der Waals surface area contributed by atoms with Gasteiger partial charge in [-0.05, 0) is 49.4 Å². The summed E-state index contributed by atoms with van der Waals surface area (Å²) in [6.45, 7) is 4.38. The summed E-state index contributed by atoms with van der Waals surface area (Å²) < 4.78 is 0. The summed E-state index contributed by atoms with van der Waals surface area (Å²) in [5.41, 5.74) is 0.817. The molecule has 0 unspecified atom stereocenters. The number of piperidine rings is 1. The maximum absolute atomic E-state index is 12.6. The van der Waals surface area contributed by atoms with Crippen LogP contribution in [0.1, 0.15) is 26.2 Å². The van der Waals surface area contributed by atoms with Crippen LogP contribution < -0.4 is 4.90 Å². The van der Waals surface area contributed by atoms with Crippen LogP contribution in [0.15, 0.2) is 24.3 Å². The lowest BCUT2D eigenvalue weighted by molar-refractivity contribution is -0.140. The number of rotatable bonds is 2. The number of hydrogen-bond donors (Lipinski definition) is 0. The van der Waals surface area contributed by atoms with E-state index in [0.717, 1.165) is 31.6 Å². The van der Waals surface area contributed by atoms with Gasteiger partial charge in [0.05, 0.1) is 0 Å². The van der Waals surface area contributed by atoms with Gasteiger partial charge >= 0.3 is 0 Å². The van der Waals surface area contributed by atoms with Gasteiger partial charge in [-0.3, -0.25) is 9.59 Å². The van der Waals surface area contributed by atoms with Crippen molar-refractivity contribution in [1.82, 2.24) is 4.90 Å². The first-order chi connectivity index (χ1) is 10.6. The average Bonchev–Trinajstić information content (AvgIpc) is 2.90.